The van der Waals surface area contributed by atoms with Gasteiger partial charge >= 0.3 is 0 Å². The summed E-state index contributed by atoms with van der Waals surface area (Å²) in [6, 6.07) is 8.04. The molecule has 1 fully saturated rings. The van der Waals surface area contributed by atoms with Gasteiger partial charge in [0, 0.05) is 10.9 Å². The van der Waals surface area contributed by atoms with E-state index in [2.05, 4.69) is 20.3 Å². The molecule has 0 atom stereocenters. The third-order valence-corrected chi connectivity index (χ3v) is 5.21. The van der Waals surface area contributed by atoms with Crippen LogP contribution in [0.2, 0.25) is 0 Å². The van der Waals surface area contributed by atoms with E-state index in [1.165, 1.54) is 25.7 Å². The fraction of sp³-hybridized carbons (Fsp3) is 0.438. The van der Waals surface area contributed by atoms with Crippen LogP contribution in [-0.2, 0) is 5.75 Å². The van der Waals surface area contributed by atoms with E-state index in [1.807, 2.05) is 43.0 Å². The average Bonchev–Trinajstić information content (AvgIpc) is 3.00. The number of anilines is 3. The number of nitrogens with one attached hydrogen (secondary N) is 1. The SMILES string of the molecule is Cc1ccccc1Nc1nc(N)nc(CSC2CCCC2)n1. The van der Waals surface area contributed by atoms with Gasteiger partial charge in [-0.25, -0.2) is 0 Å². The summed E-state index contributed by atoms with van der Waals surface area (Å²) in [4.78, 5) is 12.9. The molecule has 6 heteroatoms. The maximum Gasteiger partial charge on any atom is 0.232 e. The van der Waals surface area contributed by atoms with E-state index in [0.29, 0.717) is 5.95 Å². The molecule has 1 aliphatic carbocycles. The van der Waals surface area contributed by atoms with Crippen LogP contribution in [0.1, 0.15) is 37.1 Å². The van der Waals surface area contributed by atoms with E-state index < -0.39 is 0 Å². The summed E-state index contributed by atoms with van der Waals surface area (Å²) in [7, 11) is 0. The summed E-state index contributed by atoms with van der Waals surface area (Å²) in [6.07, 6.45) is 5.30. The van der Waals surface area contributed by atoms with Gasteiger partial charge in [-0.2, -0.15) is 26.7 Å². The Morgan fingerprint density at radius 3 is 2.73 bits per heavy atom. The third-order valence-electron chi connectivity index (χ3n) is 3.84. The summed E-state index contributed by atoms with van der Waals surface area (Å²) < 4.78 is 0. The molecule has 1 aromatic heterocycles. The van der Waals surface area contributed by atoms with Crippen molar-refractivity contribution in [1.82, 2.24) is 15.0 Å². The van der Waals surface area contributed by atoms with E-state index >= 15 is 0 Å². The first-order chi connectivity index (χ1) is 10.7. The minimum absolute atomic E-state index is 0.271. The van der Waals surface area contributed by atoms with Crippen molar-refractivity contribution >= 4 is 29.3 Å². The number of para-hydroxylation sites is 1. The van der Waals surface area contributed by atoms with Gasteiger partial charge in [0.25, 0.3) is 0 Å². The zero-order valence-electron chi connectivity index (χ0n) is 12.7. The molecule has 0 amide bonds. The van der Waals surface area contributed by atoms with E-state index in [4.69, 9.17) is 5.73 Å². The van der Waals surface area contributed by atoms with Gasteiger partial charge in [0.2, 0.25) is 11.9 Å². The molecule has 0 saturated heterocycles. The van der Waals surface area contributed by atoms with Crippen LogP contribution in [0.3, 0.4) is 0 Å². The maximum atomic E-state index is 5.82. The van der Waals surface area contributed by atoms with Crippen molar-refractivity contribution in [2.75, 3.05) is 11.1 Å². The first-order valence-electron chi connectivity index (χ1n) is 7.65. The molecule has 3 rings (SSSR count). The molecular formula is C16H21N5S. The number of nitrogen functional groups attached to an aromatic ring is 1. The van der Waals surface area contributed by atoms with E-state index in [0.717, 1.165) is 28.1 Å². The quantitative estimate of drug-likeness (QED) is 0.876. The van der Waals surface area contributed by atoms with Gasteiger partial charge in [0.05, 0.1) is 5.75 Å². The summed E-state index contributed by atoms with van der Waals surface area (Å²) in [5.74, 6) is 2.33. The number of hydrogen-bond donors (Lipinski definition) is 2. The van der Waals surface area contributed by atoms with Crippen LogP contribution in [0.25, 0.3) is 0 Å². The standard InChI is InChI=1S/C16H21N5S/c1-11-6-2-5-9-13(11)18-16-20-14(19-15(17)21-16)10-22-12-7-3-4-8-12/h2,5-6,9,12H,3-4,7-8,10H2,1H3,(H3,17,18,19,20,21). The number of benzene rings is 1. The van der Waals surface area contributed by atoms with Crippen LogP contribution in [0.4, 0.5) is 17.6 Å². The molecule has 3 N–H and O–H groups in total. The number of aryl methyl sites for hydroxylation is 1. The Bertz CT molecular complexity index is 640. The Kier molecular flexibility index (Phi) is 4.77. The lowest BCUT2D eigenvalue weighted by atomic mass is 10.2. The predicted molar refractivity (Wildman–Crippen MR) is 92.3 cm³/mol. The molecular weight excluding hydrogens is 294 g/mol. The van der Waals surface area contributed by atoms with Crippen molar-refractivity contribution < 1.29 is 0 Å². The Morgan fingerprint density at radius 1 is 1.18 bits per heavy atom. The number of rotatable bonds is 5. The minimum atomic E-state index is 0.271. The summed E-state index contributed by atoms with van der Waals surface area (Å²) >= 11 is 1.93. The van der Waals surface area contributed by atoms with Crippen molar-refractivity contribution in [3.05, 3.63) is 35.7 Å². The average molecular weight is 315 g/mol. The normalized spacial score (nSPS) is 15.1. The first-order valence-corrected chi connectivity index (χ1v) is 8.70. The molecule has 22 heavy (non-hydrogen) atoms. The molecule has 0 radical (unpaired) electrons. The van der Waals surface area contributed by atoms with Gasteiger partial charge in [-0.05, 0) is 31.4 Å². The Morgan fingerprint density at radius 2 is 1.95 bits per heavy atom. The number of hydrogen-bond acceptors (Lipinski definition) is 6. The fourth-order valence-corrected chi connectivity index (χ4v) is 3.82. The van der Waals surface area contributed by atoms with Crippen LogP contribution in [0.15, 0.2) is 24.3 Å². The highest BCUT2D eigenvalue weighted by Crippen LogP contribution is 2.31. The van der Waals surface area contributed by atoms with Crippen LogP contribution >= 0.6 is 11.8 Å². The lowest BCUT2D eigenvalue weighted by molar-refractivity contribution is 0.886. The van der Waals surface area contributed by atoms with Crippen molar-refractivity contribution in [2.45, 2.75) is 43.6 Å². The van der Waals surface area contributed by atoms with E-state index in [1.54, 1.807) is 0 Å². The number of aromatic nitrogens is 3. The topological polar surface area (TPSA) is 76.7 Å². The Hall–Kier alpha value is -1.82. The van der Waals surface area contributed by atoms with Gasteiger partial charge in [-0.15, -0.1) is 0 Å². The highest BCUT2D eigenvalue weighted by molar-refractivity contribution is 7.99. The van der Waals surface area contributed by atoms with Crippen LogP contribution in [0.5, 0.6) is 0 Å². The maximum absolute atomic E-state index is 5.82. The number of nitrogens with zero attached hydrogens (tertiary/aromatic N) is 3. The highest BCUT2D eigenvalue weighted by atomic mass is 32.2. The molecule has 1 saturated carbocycles. The number of nitrogens with two attached hydrogens (primary N) is 1. The monoisotopic (exact) mass is 315 g/mol. The number of thioether (sulfide) groups is 1. The predicted octanol–water partition coefficient (Wildman–Crippen LogP) is 3.68. The van der Waals surface area contributed by atoms with E-state index in [9.17, 15) is 0 Å². The van der Waals surface area contributed by atoms with Gasteiger partial charge in [-0.3, -0.25) is 0 Å². The van der Waals surface area contributed by atoms with Crippen molar-refractivity contribution in [3.8, 4) is 0 Å². The minimum Gasteiger partial charge on any atom is -0.368 e. The zero-order chi connectivity index (χ0) is 15.4. The smallest absolute Gasteiger partial charge is 0.232 e. The summed E-state index contributed by atoms with van der Waals surface area (Å²) in [6.45, 7) is 2.05. The highest BCUT2D eigenvalue weighted by Gasteiger charge is 2.16. The van der Waals surface area contributed by atoms with Crippen LogP contribution < -0.4 is 11.1 Å². The molecule has 2 aromatic rings. The van der Waals surface area contributed by atoms with Crippen molar-refractivity contribution in [2.24, 2.45) is 0 Å². The van der Waals surface area contributed by atoms with Crippen LogP contribution in [-0.4, -0.2) is 20.2 Å². The molecule has 116 valence electrons. The molecule has 1 aliphatic rings. The fourth-order valence-electron chi connectivity index (χ4n) is 2.64. The zero-order valence-corrected chi connectivity index (χ0v) is 13.6. The lowest BCUT2D eigenvalue weighted by Gasteiger charge is -2.11. The third kappa shape index (κ3) is 3.88. The Labute approximate surface area is 135 Å². The second kappa shape index (κ2) is 6.96. The van der Waals surface area contributed by atoms with Crippen LogP contribution in [0, 0.1) is 6.92 Å². The summed E-state index contributed by atoms with van der Waals surface area (Å²) in [5.41, 5.74) is 7.95. The molecule has 0 aliphatic heterocycles. The molecule has 0 unspecified atom stereocenters. The van der Waals surface area contributed by atoms with Gasteiger partial charge in [0.1, 0.15) is 5.82 Å². The molecule has 5 nitrogen and oxygen atoms in total. The van der Waals surface area contributed by atoms with Crippen molar-refractivity contribution in [1.29, 1.82) is 0 Å². The van der Waals surface area contributed by atoms with E-state index in [-0.39, 0.29) is 5.95 Å². The molecule has 0 spiro atoms. The van der Waals surface area contributed by atoms with Gasteiger partial charge in [0.15, 0.2) is 0 Å². The lowest BCUT2D eigenvalue weighted by Crippen LogP contribution is -2.08. The molecule has 1 heterocycles. The summed E-state index contributed by atoms with van der Waals surface area (Å²) in [5, 5.41) is 3.97. The molecule has 1 aromatic carbocycles. The molecule has 0 bridgehead atoms. The van der Waals surface area contributed by atoms with Gasteiger partial charge < -0.3 is 11.1 Å². The largest absolute Gasteiger partial charge is 0.368 e. The Balaban J connectivity index is 1.70. The van der Waals surface area contributed by atoms with Gasteiger partial charge in [-0.1, -0.05) is 31.0 Å². The second-order valence-corrected chi connectivity index (χ2v) is 6.88. The van der Waals surface area contributed by atoms with Crippen molar-refractivity contribution in [3.63, 3.8) is 0 Å². The first kappa shape index (κ1) is 15.1. The second-order valence-electron chi connectivity index (χ2n) is 5.59.